The van der Waals surface area contributed by atoms with Crippen LogP contribution in [0.4, 0.5) is 27.8 Å². The Morgan fingerprint density at radius 1 is 1.29 bits per heavy atom. The molecule has 1 aromatic heterocycles. The van der Waals surface area contributed by atoms with Crippen LogP contribution >= 0.6 is 0 Å². The second-order valence-electron chi connectivity index (χ2n) is 7.12. The Labute approximate surface area is 175 Å². The minimum Gasteiger partial charge on any atom is -0.494 e. The Morgan fingerprint density at radius 2 is 2.03 bits per heavy atom. The fraction of sp³-hybridized carbons (Fsp3) is 0.450. The number of nitrogens with one attached hydrogen (secondary N) is 1. The van der Waals surface area contributed by atoms with Gasteiger partial charge in [-0.1, -0.05) is 13.0 Å². The van der Waals surface area contributed by atoms with Gasteiger partial charge in [0.2, 0.25) is 0 Å². The Balaban J connectivity index is 1.92. The van der Waals surface area contributed by atoms with Crippen LogP contribution in [0.25, 0.3) is 0 Å². The number of aromatic nitrogens is 2. The SMILES string of the molecule is CCc1ncnc(N2CCC(c3ccc(OC)c(F)c3)C(NC(=O)C(F)(F)F)C2)c1F. The van der Waals surface area contributed by atoms with Crippen molar-refractivity contribution in [2.45, 2.75) is 37.9 Å². The van der Waals surface area contributed by atoms with Gasteiger partial charge in [-0.3, -0.25) is 4.79 Å². The zero-order valence-corrected chi connectivity index (χ0v) is 16.8. The Bertz CT molecular complexity index is 954. The van der Waals surface area contributed by atoms with Crippen LogP contribution in [0.3, 0.4) is 0 Å². The number of methoxy groups -OCH3 is 1. The first kappa shape index (κ1) is 22.7. The maximum absolute atomic E-state index is 14.7. The number of hydrogen-bond donors (Lipinski definition) is 1. The highest BCUT2D eigenvalue weighted by Gasteiger charge is 2.42. The lowest BCUT2D eigenvalue weighted by atomic mass is 9.85. The third-order valence-electron chi connectivity index (χ3n) is 5.27. The van der Waals surface area contributed by atoms with Gasteiger partial charge in [-0.2, -0.15) is 13.2 Å². The highest BCUT2D eigenvalue weighted by atomic mass is 19.4. The maximum Gasteiger partial charge on any atom is 0.471 e. The molecule has 2 heterocycles. The molecule has 1 aromatic carbocycles. The molecule has 1 saturated heterocycles. The fourth-order valence-corrected chi connectivity index (χ4v) is 3.72. The average molecular weight is 444 g/mol. The summed E-state index contributed by atoms with van der Waals surface area (Å²) < 4.78 is 72.5. The summed E-state index contributed by atoms with van der Waals surface area (Å²) in [7, 11) is 1.30. The second-order valence-corrected chi connectivity index (χ2v) is 7.12. The molecule has 6 nitrogen and oxygen atoms in total. The lowest BCUT2D eigenvalue weighted by molar-refractivity contribution is -0.174. The van der Waals surface area contributed by atoms with Gasteiger partial charge in [0.05, 0.1) is 18.8 Å². The first-order valence-electron chi connectivity index (χ1n) is 9.61. The molecule has 0 spiro atoms. The molecular weight excluding hydrogens is 423 g/mol. The number of hydrogen-bond acceptors (Lipinski definition) is 5. The van der Waals surface area contributed by atoms with Crippen molar-refractivity contribution in [2.24, 2.45) is 0 Å². The third kappa shape index (κ3) is 4.86. The van der Waals surface area contributed by atoms with Crippen molar-refractivity contribution >= 4 is 11.7 Å². The summed E-state index contributed by atoms with van der Waals surface area (Å²) in [5, 5.41) is 1.98. The van der Waals surface area contributed by atoms with Crippen LogP contribution in [0, 0.1) is 11.6 Å². The standard InChI is InChI=1S/C20H21F5N4O2/c1-3-14-17(22)18(27-10-26-14)29-7-6-12(11-4-5-16(31-2)13(21)8-11)15(9-29)28-19(30)20(23,24)25/h4-5,8,10,12,15H,3,6-7,9H2,1-2H3,(H,28,30). The fourth-order valence-electron chi connectivity index (χ4n) is 3.72. The molecule has 1 fully saturated rings. The van der Waals surface area contributed by atoms with E-state index < -0.39 is 35.7 Å². The van der Waals surface area contributed by atoms with Crippen molar-refractivity contribution in [1.82, 2.24) is 15.3 Å². The van der Waals surface area contributed by atoms with Crippen molar-refractivity contribution in [1.29, 1.82) is 0 Å². The summed E-state index contributed by atoms with van der Waals surface area (Å²) in [6.45, 7) is 1.82. The van der Waals surface area contributed by atoms with Gasteiger partial charge in [-0.25, -0.2) is 18.7 Å². The minimum absolute atomic E-state index is 0.00721. The normalized spacial score (nSPS) is 19.3. The molecule has 11 heteroatoms. The average Bonchev–Trinajstić information content (AvgIpc) is 2.73. The van der Waals surface area contributed by atoms with Crippen LogP contribution in [0.15, 0.2) is 24.5 Å². The van der Waals surface area contributed by atoms with Gasteiger partial charge in [-0.05, 0) is 30.5 Å². The largest absolute Gasteiger partial charge is 0.494 e. The van der Waals surface area contributed by atoms with E-state index in [1.54, 1.807) is 6.92 Å². The number of benzene rings is 1. The number of amides is 1. The topological polar surface area (TPSA) is 67.3 Å². The van der Waals surface area contributed by atoms with E-state index in [0.29, 0.717) is 12.0 Å². The highest BCUT2D eigenvalue weighted by Crippen LogP contribution is 2.34. The number of carbonyl (C=O) groups is 1. The van der Waals surface area contributed by atoms with Crippen LogP contribution in [-0.2, 0) is 11.2 Å². The number of rotatable bonds is 5. The van der Waals surface area contributed by atoms with E-state index in [-0.39, 0.29) is 36.8 Å². The molecule has 1 aliphatic heterocycles. The number of piperidine rings is 1. The molecule has 3 rings (SSSR count). The van der Waals surface area contributed by atoms with Crippen molar-refractivity contribution in [2.75, 3.05) is 25.1 Å². The van der Waals surface area contributed by atoms with Crippen LogP contribution in [0.1, 0.15) is 30.5 Å². The van der Waals surface area contributed by atoms with E-state index >= 15 is 0 Å². The molecule has 0 radical (unpaired) electrons. The smallest absolute Gasteiger partial charge is 0.471 e. The molecule has 2 atom stereocenters. The number of ether oxygens (including phenoxy) is 1. The van der Waals surface area contributed by atoms with E-state index in [1.807, 2.05) is 5.32 Å². The summed E-state index contributed by atoms with van der Waals surface area (Å²) in [6, 6.07) is 3.02. The zero-order chi connectivity index (χ0) is 22.8. The quantitative estimate of drug-likeness (QED) is 0.717. The number of alkyl halides is 3. The molecule has 1 N–H and O–H groups in total. The molecule has 1 amide bonds. The van der Waals surface area contributed by atoms with Gasteiger partial charge in [0.15, 0.2) is 23.2 Å². The second kappa shape index (κ2) is 9.03. The van der Waals surface area contributed by atoms with Crippen molar-refractivity contribution in [3.63, 3.8) is 0 Å². The predicted octanol–water partition coefficient (Wildman–Crippen LogP) is 3.37. The molecule has 0 bridgehead atoms. The molecular formula is C20H21F5N4O2. The number of halogens is 5. The number of nitrogens with zero attached hydrogens (tertiary/aromatic N) is 3. The molecule has 0 aliphatic carbocycles. The zero-order valence-electron chi connectivity index (χ0n) is 16.8. The van der Waals surface area contributed by atoms with E-state index in [0.717, 1.165) is 0 Å². The van der Waals surface area contributed by atoms with Gasteiger partial charge in [0.1, 0.15) is 6.33 Å². The predicted molar refractivity (Wildman–Crippen MR) is 102 cm³/mol. The molecule has 2 aromatic rings. The maximum atomic E-state index is 14.7. The monoisotopic (exact) mass is 444 g/mol. The van der Waals surface area contributed by atoms with Crippen LogP contribution < -0.4 is 15.0 Å². The Morgan fingerprint density at radius 3 is 2.65 bits per heavy atom. The van der Waals surface area contributed by atoms with Gasteiger partial charge in [0.25, 0.3) is 0 Å². The molecule has 168 valence electrons. The molecule has 0 saturated carbocycles. The van der Waals surface area contributed by atoms with Crippen molar-refractivity contribution < 1.29 is 31.5 Å². The van der Waals surface area contributed by atoms with E-state index in [2.05, 4.69) is 9.97 Å². The Kier molecular flexibility index (Phi) is 6.61. The van der Waals surface area contributed by atoms with Crippen LogP contribution in [-0.4, -0.2) is 48.3 Å². The lowest BCUT2D eigenvalue weighted by Crippen LogP contribution is -2.54. The summed E-state index contributed by atoms with van der Waals surface area (Å²) in [6.07, 6.45) is -3.35. The van der Waals surface area contributed by atoms with Gasteiger partial charge < -0.3 is 15.0 Å². The summed E-state index contributed by atoms with van der Waals surface area (Å²) in [5.41, 5.74) is 0.586. The first-order valence-corrected chi connectivity index (χ1v) is 9.61. The highest BCUT2D eigenvalue weighted by molar-refractivity contribution is 5.82. The lowest BCUT2D eigenvalue weighted by Gasteiger charge is -2.40. The summed E-state index contributed by atoms with van der Waals surface area (Å²) in [5.74, 6) is -4.11. The molecule has 31 heavy (non-hydrogen) atoms. The first-order chi connectivity index (χ1) is 14.7. The van der Waals surface area contributed by atoms with Crippen molar-refractivity contribution in [3.05, 3.63) is 47.4 Å². The van der Waals surface area contributed by atoms with E-state index in [9.17, 15) is 26.7 Å². The van der Waals surface area contributed by atoms with Crippen LogP contribution in [0.2, 0.25) is 0 Å². The molecule has 2 unspecified atom stereocenters. The number of anilines is 1. The summed E-state index contributed by atoms with van der Waals surface area (Å²) >= 11 is 0. The third-order valence-corrected chi connectivity index (χ3v) is 5.27. The van der Waals surface area contributed by atoms with Gasteiger partial charge in [0, 0.05) is 19.0 Å². The number of carbonyl (C=O) groups excluding carboxylic acids is 1. The molecule has 1 aliphatic rings. The van der Waals surface area contributed by atoms with Crippen LogP contribution in [0.5, 0.6) is 5.75 Å². The summed E-state index contributed by atoms with van der Waals surface area (Å²) in [4.78, 5) is 20.9. The Hall–Kier alpha value is -2.98. The number of aryl methyl sites for hydroxylation is 1. The minimum atomic E-state index is -5.09. The van der Waals surface area contributed by atoms with Gasteiger partial charge in [-0.15, -0.1) is 0 Å². The van der Waals surface area contributed by atoms with E-state index in [4.69, 9.17) is 4.74 Å². The van der Waals surface area contributed by atoms with E-state index in [1.165, 1.54) is 36.5 Å². The van der Waals surface area contributed by atoms with Crippen molar-refractivity contribution in [3.8, 4) is 5.75 Å². The van der Waals surface area contributed by atoms with Gasteiger partial charge >= 0.3 is 12.1 Å².